The van der Waals surface area contributed by atoms with Crippen molar-refractivity contribution in [3.8, 4) is 0 Å². The number of carbonyl (C=O) groups is 1. The molecule has 6 heteroatoms. The lowest BCUT2D eigenvalue weighted by Gasteiger charge is -2.06. The standard InChI is InChI=1S/C12H7BrClFN2O/c13-8-3-7(5-16-6-8)12(18)17-9-1-2-11(15)10(14)4-9/h1-6H,(H,17,18). The first-order valence-corrected chi connectivity index (χ1v) is 6.10. The molecule has 1 amide bonds. The van der Waals surface area contributed by atoms with Crippen molar-refractivity contribution in [2.24, 2.45) is 0 Å². The molecule has 92 valence electrons. The summed E-state index contributed by atoms with van der Waals surface area (Å²) in [5.41, 5.74) is 0.816. The highest BCUT2D eigenvalue weighted by Gasteiger charge is 2.08. The summed E-state index contributed by atoms with van der Waals surface area (Å²) >= 11 is 8.85. The average Bonchev–Trinajstić information content (AvgIpc) is 2.34. The molecule has 1 N–H and O–H groups in total. The molecule has 0 radical (unpaired) electrons. The molecule has 18 heavy (non-hydrogen) atoms. The molecule has 0 unspecified atom stereocenters. The van der Waals surface area contributed by atoms with Gasteiger partial charge in [-0.15, -0.1) is 0 Å². The monoisotopic (exact) mass is 328 g/mol. The number of anilines is 1. The van der Waals surface area contributed by atoms with Gasteiger partial charge in [0.05, 0.1) is 10.6 Å². The van der Waals surface area contributed by atoms with Gasteiger partial charge in [-0.3, -0.25) is 9.78 Å². The number of pyridine rings is 1. The van der Waals surface area contributed by atoms with Gasteiger partial charge < -0.3 is 5.32 Å². The Balaban J connectivity index is 2.18. The van der Waals surface area contributed by atoms with Crippen LogP contribution < -0.4 is 5.32 Å². The lowest BCUT2D eigenvalue weighted by Crippen LogP contribution is -2.12. The summed E-state index contributed by atoms with van der Waals surface area (Å²) < 4.78 is 13.7. The van der Waals surface area contributed by atoms with Gasteiger partial charge in [0.15, 0.2) is 0 Å². The van der Waals surface area contributed by atoms with Crippen LogP contribution in [0, 0.1) is 5.82 Å². The van der Waals surface area contributed by atoms with Crippen molar-refractivity contribution in [3.05, 3.63) is 57.5 Å². The normalized spacial score (nSPS) is 10.2. The van der Waals surface area contributed by atoms with E-state index >= 15 is 0 Å². The molecule has 0 saturated heterocycles. The number of amides is 1. The smallest absolute Gasteiger partial charge is 0.257 e. The predicted octanol–water partition coefficient (Wildman–Crippen LogP) is 3.89. The van der Waals surface area contributed by atoms with Crippen molar-refractivity contribution in [1.82, 2.24) is 4.98 Å². The molecule has 3 nitrogen and oxygen atoms in total. The van der Waals surface area contributed by atoms with Gasteiger partial charge in [0.1, 0.15) is 5.82 Å². The van der Waals surface area contributed by atoms with Gasteiger partial charge in [-0.05, 0) is 40.2 Å². The first kappa shape index (κ1) is 13.0. The number of nitrogens with one attached hydrogen (secondary N) is 1. The highest BCUT2D eigenvalue weighted by molar-refractivity contribution is 9.10. The van der Waals surface area contributed by atoms with Gasteiger partial charge in [-0.2, -0.15) is 0 Å². The van der Waals surface area contributed by atoms with Crippen molar-refractivity contribution in [2.45, 2.75) is 0 Å². The van der Waals surface area contributed by atoms with Gasteiger partial charge >= 0.3 is 0 Å². The van der Waals surface area contributed by atoms with E-state index in [1.807, 2.05) is 0 Å². The van der Waals surface area contributed by atoms with Crippen LogP contribution in [0.25, 0.3) is 0 Å². The summed E-state index contributed by atoms with van der Waals surface area (Å²) in [4.78, 5) is 15.7. The van der Waals surface area contributed by atoms with Crippen LogP contribution in [0.15, 0.2) is 41.1 Å². The van der Waals surface area contributed by atoms with E-state index in [4.69, 9.17) is 11.6 Å². The van der Waals surface area contributed by atoms with Crippen molar-refractivity contribution in [1.29, 1.82) is 0 Å². The van der Waals surface area contributed by atoms with Crippen LogP contribution in [0.3, 0.4) is 0 Å². The largest absolute Gasteiger partial charge is 0.322 e. The molecular weight excluding hydrogens is 322 g/mol. The zero-order chi connectivity index (χ0) is 13.1. The summed E-state index contributed by atoms with van der Waals surface area (Å²) in [6, 6.07) is 5.61. The second kappa shape index (κ2) is 5.46. The number of hydrogen-bond acceptors (Lipinski definition) is 2. The highest BCUT2D eigenvalue weighted by atomic mass is 79.9. The number of nitrogens with zero attached hydrogens (tertiary/aromatic N) is 1. The highest BCUT2D eigenvalue weighted by Crippen LogP contribution is 2.20. The third-order valence-corrected chi connectivity index (χ3v) is 2.87. The zero-order valence-corrected chi connectivity index (χ0v) is 11.3. The van der Waals surface area contributed by atoms with Crippen molar-refractivity contribution in [3.63, 3.8) is 0 Å². The molecule has 0 aliphatic heterocycles. The van der Waals surface area contributed by atoms with Crippen molar-refractivity contribution < 1.29 is 9.18 Å². The van der Waals surface area contributed by atoms with Crippen LogP contribution in [0.2, 0.25) is 5.02 Å². The first-order valence-electron chi connectivity index (χ1n) is 4.93. The maximum absolute atomic E-state index is 13.0. The van der Waals surface area contributed by atoms with E-state index in [1.165, 1.54) is 24.4 Å². The molecular formula is C12H7BrClFN2O. The Morgan fingerprint density at radius 1 is 1.33 bits per heavy atom. The van der Waals surface area contributed by atoms with Crippen LogP contribution in [0.5, 0.6) is 0 Å². The quantitative estimate of drug-likeness (QED) is 0.908. The number of carbonyl (C=O) groups excluding carboxylic acids is 1. The fraction of sp³-hybridized carbons (Fsp3) is 0. The third-order valence-electron chi connectivity index (χ3n) is 2.14. The number of aromatic nitrogens is 1. The molecule has 1 aromatic carbocycles. The molecule has 0 saturated carbocycles. The summed E-state index contributed by atoms with van der Waals surface area (Å²) in [6.07, 6.45) is 3.01. The number of benzene rings is 1. The Bertz CT molecular complexity index is 606. The summed E-state index contributed by atoms with van der Waals surface area (Å²) in [5.74, 6) is -0.870. The second-order valence-corrected chi connectivity index (χ2v) is 4.80. The molecule has 2 rings (SSSR count). The zero-order valence-electron chi connectivity index (χ0n) is 8.95. The van der Waals surface area contributed by atoms with E-state index < -0.39 is 5.82 Å². The summed E-state index contributed by atoms with van der Waals surface area (Å²) in [5, 5.41) is 2.56. The van der Waals surface area contributed by atoms with E-state index in [0.29, 0.717) is 15.7 Å². The number of hydrogen-bond donors (Lipinski definition) is 1. The van der Waals surface area contributed by atoms with Crippen LogP contribution in [-0.2, 0) is 0 Å². The molecule has 1 aromatic heterocycles. The SMILES string of the molecule is O=C(Nc1ccc(F)c(Cl)c1)c1cncc(Br)c1. The Kier molecular flexibility index (Phi) is 3.93. The number of rotatable bonds is 2. The lowest BCUT2D eigenvalue weighted by atomic mass is 10.2. The van der Waals surface area contributed by atoms with Crippen LogP contribution in [0.4, 0.5) is 10.1 Å². The second-order valence-electron chi connectivity index (χ2n) is 3.47. The minimum Gasteiger partial charge on any atom is -0.322 e. The van der Waals surface area contributed by atoms with Gasteiger partial charge in [0.25, 0.3) is 5.91 Å². The molecule has 0 bridgehead atoms. The topological polar surface area (TPSA) is 42.0 Å². The van der Waals surface area contributed by atoms with Gasteiger partial charge in [-0.1, -0.05) is 11.6 Å². The summed E-state index contributed by atoms with van der Waals surface area (Å²) in [6.45, 7) is 0. The molecule has 0 aliphatic rings. The fourth-order valence-electron chi connectivity index (χ4n) is 1.31. The average molecular weight is 330 g/mol. The Labute approximate surface area is 116 Å². The molecule has 0 aliphatic carbocycles. The molecule has 0 atom stereocenters. The van der Waals surface area contributed by atoms with E-state index in [-0.39, 0.29) is 10.9 Å². The first-order chi connectivity index (χ1) is 8.56. The van der Waals surface area contributed by atoms with Gasteiger partial charge in [0.2, 0.25) is 0 Å². The Morgan fingerprint density at radius 2 is 2.11 bits per heavy atom. The minimum atomic E-state index is -0.529. The third kappa shape index (κ3) is 3.05. The molecule has 1 heterocycles. The van der Waals surface area contributed by atoms with Crippen LogP contribution in [-0.4, -0.2) is 10.9 Å². The molecule has 0 spiro atoms. The van der Waals surface area contributed by atoms with E-state index in [9.17, 15) is 9.18 Å². The van der Waals surface area contributed by atoms with Crippen molar-refractivity contribution in [2.75, 3.05) is 5.32 Å². The molecule has 2 aromatic rings. The van der Waals surface area contributed by atoms with E-state index in [1.54, 1.807) is 12.3 Å². The maximum atomic E-state index is 13.0. The van der Waals surface area contributed by atoms with Crippen molar-refractivity contribution >= 4 is 39.1 Å². The Morgan fingerprint density at radius 3 is 2.78 bits per heavy atom. The van der Waals surface area contributed by atoms with E-state index in [2.05, 4.69) is 26.2 Å². The van der Waals surface area contributed by atoms with Crippen LogP contribution >= 0.6 is 27.5 Å². The van der Waals surface area contributed by atoms with Gasteiger partial charge in [0, 0.05) is 22.6 Å². The fourth-order valence-corrected chi connectivity index (χ4v) is 1.86. The molecule has 0 fully saturated rings. The number of halogens is 3. The van der Waals surface area contributed by atoms with Crippen LogP contribution in [0.1, 0.15) is 10.4 Å². The minimum absolute atomic E-state index is 0.0415. The predicted molar refractivity (Wildman–Crippen MR) is 71.3 cm³/mol. The summed E-state index contributed by atoms with van der Waals surface area (Å²) in [7, 11) is 0. The maximum Gasteiger partial charge on any atom is 0.257 e. The van der Waals surface area contributed by atoms with Gasteiger partial charge in [-0.25, -0.2) is 4.39 Å². The lowest BCUT2D eigenvalue weighted by molar-refractivity contribution is 0.102. The van der Waals surface area contributed by atoms with E-state index in [0.717, 1.165) is 0 Å². The Hall–Kier alpha value is -1.46.